The Morgan fingerprint density at radius 2 is 1.91 bits per heavy atom. The van der Waals surface area contributed by atoms with Gasteiger partial charge in [0.25, 0.3) is 0 Å². The van der Waals surface area contributed by atoms with Gasteiger partial charge < -0.3 is 14.6 Å². The predicted molar refractivity (Wildman–Crippen MR) is 87.0 cm³/mol. The van der Waals surface area contributed by atoms with Crippen molar-refractivity contribution in [3.05, 3.63) is 36.3 Å². The quantitative estimate of drug-likeness (QED) is 0.947. The first-order valence-electron chi connectivity index (χ1n) is 8.28. The molecule has 0 aromatic carbocycles. The molecule has 3 rings (SSSR count). The van der Waals surface area contributed by atoms with Crippen molar-refractivity contribution in [2.45, 2.75) is 38.5 Å². The summed E-state index contributed by atoms with van der Waals surface area (Å²) in [5.41, 5.74) is 1.96. The molecule has 5 heteroatoms. The number of imidazole rings is 1. The van der Waals surface area contributed by atoms with Crippen LogP contribution >= 0.6 is 0 Å². The van der Waals surface area contributed by atoms with Gasteiger partial charge in [0, 0.05) is 38.4 Å². The Bertz CT molecular complexity index is 581. The summed E-state index contributed by atoms with van der Waals surface area (Å²) in [7, 11) is 0. The van der Waals surface area contributed by atoms with Crippen molar-refractivity contribution in [2.24, 2.45) is 0 Å². The molecule has 0 spiro atoms. The second-order valence-electron chi connectivity index (χ2n) is 5.94. The van der Waals surface area contributed by atoms with E-state index in [-0.39, 0.29) is 6.03 Å². The number of fused-ring (bicyclic) bond motifs is 1. The number of amides is 2. The van der Waals surface area contributed by atoms with Gasteiger partial charge in [0.1, 0.15) is 5.65 Å². The molecule has 0 bridgehead atoms. The molecule has 1 fully saturated rings. The van der Waals surface area contributed by atoms with Crippen molar-refractivity contribution in [2.75, 3.05) is 19.6 Å². The molecule has 0 aliphatic carbocycles. The Morgan fingerprint density at radius 3 is 2.68 bits per heavy atom. The van der Waals surface area contributed by atoms with Crippen LogP contribution in [0.3, 0.4) is 0 Å². The summed E-state index contributed by atoms with van der Waals surface area (Å²) in [5.74, 6) is 0. The number of carbonyl (C=O) groups is 1. The largest absolute Gasteiger partial charge is 0.338 e. The third-order valence-electron chi connectivity index (χ3n) is 4.21. The molecule has 5 nitrogen and oxygen atoms in total. The SMILES string of the molecule is O=C(NCCc1cn2ccccc2n1)N1CCCCCCC1. The van der Waals surface area contributed by atoms with Crippen LogP contribution in [0.4, 0.5) is 4.79 Å². The highest BCUT2D eigenvalue weighted by molar-refractivity contribution is 5.74. The number of pyridine rings is 1. The number of carbonyl (C=O) groups excluding carboxylic acids is 1. The van der Waals surface area contributed by atoms with Gasteiger partial charge in [-0.15, -0.1) is 0 Å². The third-order valence-corrected chi connectivity index (χ3v) is 4.21. The molecule has 0 saturated carbocycles. The average molecular weight is 300 g/mol. The Balaban J connectivity index is 1.48. The zero-order chi connectivity index (χ0) is 15.2. The molecule has 2 aromatic rings. The first-order chi connectivity index (χ1) is 10.8. The van der Waals surface area contributed by atoms with Gasteiger partial charge in [-0.1, -0.05) is 25.3 Å². The molecule has 0 radical (unpaired) electrons. The van der Waals surface area contributed by atoms with Crippen molar-refractivity contribution >= 4 is 11.7 Å². The van der Waals surface area contributed by atoms with Crippen LogP contribution in [0, 0.1) is 0 Å². The third kappa shape index (κ3) is 3.78. The van der Waals surface area contributed by atoms with Crippen molar-refractivity contribution in [1.29, 1.82) is 0 Å². The Labute approximate surface area is 131 Å². The van der Waals surface area contributed by atoms with Gasteiger partial charge in [-0.2, -0.15) is 0 Å². The average Bonchev–Trinajstić information content (AvgIpc) is 2.89. The smallest absolute Gasteiger partial charge is 0.317 e. The highest BCUT2D eigenvalue weighted by Crippen LogP contribution is 2.10. The number of nitrogens with zero attached hydrogens (tertiary/aromatic N) is 3. The van der Waals surface area contributed by atoms with Gasteiger partial charge in [0.05, 0.1) is 5.69 Å². The van der Waals surface area contributed by atoms with Crippen molar-refractivity contribution in [3.63, 3.8) is 0 Å². The topological polar surface area (TPSA) is 49.6 Å². The number of nitrogens with one attached hydrogen (secondary N) is 1. The summed E-state index contributed by atoms with van der Waals surface area (Å²) in [6, 6.07) is 6.03. The monoisotopic (exact) mass is 300 g/mol. The summed E-state index contributed by atoms with van der Waals surface area (Å²) >= 11 is 0. The summed E-state index contributed by atoms with van der Waals surface area (Å²) in [4.78, 5) is 18.7. The van der Waals surface area contributed by atoms with Gasteiger partial charge in [-0.05, 0) is 25.0 Å². The van der Waals surface area contributed by atoms with E-state index in [1.807, 2.05) is 39.9 Å². The molecule has 2 amide bonds. The molecule has 1 saturated heterocycles. The van der Waals surface area contributed by atoms with Gasteiger partial charge in [-0.25, -0.2) is 9.78 Å². The van der Waals surface area contributed by atoms with Gasteiger partial charge in [-0.3, -0.25) is 0 Å². The van der Waals surface area contributed by atoms with E-state index >= 15 is 0 Å². The maximum absolute atomic E-state index is 12.2. The lowest BCUT2D eigenvalue weighted by molar-refractivity contribution is 0.192. The fourth-order valence-corrected chi connectivity index (χ4v) is 2.97. The highest BCUT2D eigenvalue weighted by Gasteiger charge is 2.14. The molecule has 0 atom stereocenters. The van der Waals surface area contributed by atoms with Gasteiger partial charge >= 0.3 is 6.03 Å². The number of rotatable bonds is 3. The van der Waals surface area contributed by atoms with Crippen LogP contribution < -0.4 is 5.32 Å². The lowest BCUT2D eigenvalue weighted by Crippen LogP contribution is -2.42. The van der Waals surface area contributed by atoms with E-state index in [4.69, 9.17) is 0 Å². The lowest BCUT2D eigenvalue weighted by Gasteiger charge is -2.24. The van der Waals surface area contributed by atoms with Crippen molar-refractivity contribution in [1.82, 2.24) is 19.6 Å². The van der Waals surface area contributed by atoms with Crippen LogP contribution in [0.5, 0.6) is 0 Å². The minimum absolute atomic E-state index is 0.0747. The molecule has 1 N–H and O–H groups in total. The molecule has 1 aliphatic heterocycles. The first kappa shape index (κ1) is 14.9. The van der Waals surface area contributed by atoms with Gasteiger partial charge in [0.15, 0.2) is 0 Å². The molecular weight excluding hydrogens is 276 g/mol. The van der Waals surface area contributed by atoms with Crippen molar-refractivity contribution in [3.8, 4) is 0 Å². The molecule has 118 valence electrons. The lowest BCUT2D eigenvalue weighted by atomic mass is 10.1. The Hall–Kier alpha value is -2.04. The minimum Gasteiger partial charge on any atom is -0.338 e. The van der Waals surface area contributed by atoms with E-state index in [1.165, 1.54) is 19.3 Å². The van der Waals surface area contributed by atoms with Crippen LogP contribution in [0.1, 0.15) is 37.8 Å². The molecule has 3 heterocycles. The number of urea groups is 1. The maximum Gasteiger partial charge on any atom is 0.317 e. The van der Waals surface area contributed by atoms with Crippen LogP contribution in [0.15, 0.2) is 30.6 Å². The number of aromatic nitrogens is 2. The molecule has 1 aliphatic rings. The fourth-order valence-electron chi connectivity index (χ4n) is 2.97. The number of likely N-dealkylation sites (tertiary alicyclic amines) is 1. The summed E-state index contributed by atoms with van der Waals surface area (Å²) in [6.07, 6.45) is 10.8. The van der Waals surface area contributed by atoms with Crippen molar-refractivity contribution < 1.29 is 4.79 Å². The Kier molecular flexibility index (Phi) is 4.93. The predicted octanol–water partition coefficient (Wildman–Crippen LogP) is 2.85. The molecule has 0 unspecified atom stereocenters. The zero-order valence-electron chi connectivity index (χ0n) is 13.0. The van der Waals surface area contributed by atoms with Crippen LogP contribution in [-0.2, 0) is 6.42 Å². The minimum atomic E-state index is 0.0747. The van der Waals surface area contributed by atoms with E-state index in [0.717, 1.165) is 43.7 Å². The standard InChI is InChI=1S/C17H24N4O/c22-17(20-11-5-2-1-3-6-12-20)18-10-9-15-14-21-13-7-4-8-16(21)19-15/h4,7-8,13-14H,1-3,5-6,9-12H2,(H,18,22). The normalized spacial score (nSPS) is 16.3. The second kappa shape index (κ2) is 7.29. The number of hydrogen-bond donors (Lipinski definition) is 1. The summed E-state index contributed by atoms with van der Waals surface area (Å²) in [5, 5.41) is 3.03. The van der Waals surface area contributed by atoms with E-state index in [1.54, 1.807) is 0 Å². The zero-order valence-corrected chi connectivity index (χ0v) is 13.0. The van der Waals surface area contributed by atoms with E-state index in [9.17, 15) is 4.79 Å². The highest BCUT2D eigenvalue weighted by atomic mass is 16.2. The van der Waals surface area contributed by atoms with Crippen LogP contribution in [-0.4, -0.2) is 39.9 Å². The van der Waals surface area contributed by atoms with Gasteiger partial charge in [0.2, 0.25) is 0 Å². The number of hydrogen-bond acceptors (Lipinski definition) is 2. The summed E-state index contributed by atoms with van der Waals surface area (Å²) in [6.45, 7) is 2.42. The molecular formula is C17H24N4O. The molecule has 2 aromatic heterocycles. The first-order valence-corrected chi connectivity index (χ1v) is 8.28. The van der Waals surface area contributed by atoms with Crippen LogP contribution in [0.25, 0.3) is 5.65 Å². The molecule has 22 heavy (non-hydrogen) atoms. The Morgan fingerprint density at radius 1 is 1.14 bits per heavy atom. The maximum atomic E-state index is 12.2. The van der Waals surface area contributed by atoms with E-state index in [2.05, 4.69) is 10.3 Å². The van der Waals surface area contributed by atoms with Crippen LogP contribution in [0.2, 0.25) is 0 Å². The second-order valence-corrected chi connectivity index (χ2v) is 5.94. The van der Waals surface area contributed by atoms with E-state index < -0.39 is 0 Å². The van der Waals surface area contributed by atoms with E-state index in [0.29, 0.717) is 6.54 Å². The summed E-state index contributed by atoms with van der Waals surface area (Å²) < 4.78 is 2.01. The fraction of sp³-hybridized carbons (Fsp3) is 0.529.